The molecule has 0 aromatic heterocycles. The fourth-order valence-corrected chi connectivity index (χ4v) is 1.89. The molecule has 0 spiro atoms. The number of amides is 1. The van der Waals surface area contributed by atoms with E-state index >= 15 is 0 Å². The fourth-order valence-electron chi connectivity index (χ4n) is 0.968. The first kappa shape index (κ1) is 12.4. The fraction of sp³-hybridized carbons (Fsp3) is 0.222. The molecule has 0 aliphatic heterocycles. The topological polar surface area (TPSA) is 55.1 Å². The second kappa shape index (κ2) is 4.92. The van der Waals surface area contributed by atoms with E-state index in [2.05, 4.69) is 5.32 Å². The Morgan fingerprint density at radius 3 is 2.20 bits per heavy atom. The number of primary amides is 1. The van der Waals surface area contributed by atoms with Gasteiger partial charge in [0.25, 0.3) is 0 Å². The number of halogens is 3. The van der Waals surface area contributed by atoms with Crippen molar-refractivity contribution in [3.05, 3.63) is 27.2 Å². The van der Waals surface area contributed by atoms with Crippen molar-refractivity contribution >= 4 is 46.4 Å². The minimum atomic E-state index is -0.554. The minimum absolute atomic E-state index is 0.348. The lowest BCUT2D eigenvalue weighted by Crippen LogP contribution is -2.32. The van der Waals surface area contributed by atoms with Crippen molar-refractivity contribution in [2.24, 2.45) is 5.73 Å². The Kier molecular flexibility index (Phi) is 4.08. The van der Waals surface area contributed by atoms with Crippen LogP contribution in [0.15, 0.2) is 12.1 Å². The van der Waals surface area contributed by atoms with Gasteiger partial charge in [-0.3, -0.25) is 4.79 Å². The average molecular weight is 268 g/mol. The van der Waals surface area contributed by atoms with Crippen LogP contribution in [0.25, 0.3) is 0 Å². The van der Waals surface area contributed by atoms with Crippen molar-refractivity contribution in [3.63, 3.8) is 0 Å². The standard InChI is InChI=1S/C9H9Cl3N2O/c1-4(9(13)15)14-8-6(11)2-5(10)3-7(8)12/h2-4,14H,1H3,(H2,13,15). The van der Waals surface area contributed by atoms with Crippen LogP contribution >= 0.6 is 34.8 Å². The van der Waals surface area contributed by atoms with Crippen molar-refractivity contribution in [1.82, 2.24) is 0 Å². The maximum Gasteiger partial charge on any atom is 0.239 e. The molecule has 0 bridgehead atoms. The summed E-state index contributed by atoms with van der Waals surface area (Å²) in [7, 11) is 0. The lowest BCUT2D eigenvalue weighted by atomic mass is 10.2. The summed E-state index contributed by atoms with van der Waals surface area (Å²) in [4.78, 5) is 10.8. The van der Waals surface area contributed by atoms with Gasteiger partial charge in [-0.1, -0.05) is 34.8 Å². The molecule has 0 aliphatic rings. The van der Waals surface area contributed by atoms with Gasteiger partial charge < -0.3 is 11.1 Å². The number of nitrogens with two attached hydrogens (primary N) is 1. The summed E-state index contributed by atoms with van der Waals surface area (Å²) in [5.74, 6) is -0.489. The van der Waals surface area contributed by atoms with Crippen molar-refractivity contribution in [2.75, 3.05) is 5.32 Å². The molecule has 0 radical (unpaired) electrons. The van der Waals surface area contributed by atoms with Crippen LogP contribution in [0.5, 0.6) is 0 Å². The molecule has 1 aromatic carbocycles. The van der Waals surface area contributed by atoms with E-state index in [9.17, 15) is 4.79 Å². The molecule has 15 heavy (non-hydrogen) atoms. The van der Waals surface area contributed by atoms with E-state index < -0.39 is 11.9 Å². The van der Waals surface area contributed by atoms with Gasteiger partial charge in [0.2, 0.25) is 5.91 Å². The van der Waals surface area contributed by atoms with Gasteiger partial charge >= 0.3 is 0 Å². The number of nitrogens with one attached hydrogen (secondary N) is 1. The number of carbonyl (C=O) groups is 1. The molecule has 1 rings (SSSR count). The highest BCUT2D eigenvalue weighted by Gasteiger charge is 2.13. The van der Waals surface area contributed by atoms with E-state index in [1.54, 1.807) is 6.92 Å². The molecule has 3 nitrogen and oxygen atoms in total. The average Bonchev–Trinajstić information content (AvgIpc) is 2.10. The number of benzene rings is 1. The van der Waals surface area contributed by atoms with Crippen molar-refractivity contribution < 1.29 is 4.79 Å². The Morgan fingerprint density at radius 1 is 1.33 bits per heavy atom. The monoisotopic (exact) mass is 266 g/mol. The smallest absolute Gasteiger partial charge is 0.239 e. The number of anilines is 1. The van der Waals surface area contributed by atoms with Crippen LogP contribution in [0.2, 0.25) is 15.1 Å². The summed E-state index contributed by atoms with van der Waals surface area (Å²) in [6.07, 6.45) is 0. The Balaban J connectivity index is 3.00. The maximum absolute atomic E-state index is 10.8. The summed E-state index contributed by atoms with van der Waals surface area (Å²) < 4.78 is 0. The third-order valence-electron chi connectivity index (χ3n) is 1.79. The van der Waals surface area contributed by atoms with E-state index in [-0.39, 0.29) is 0 Å². The summed E-state index contributed by atoms with van der Waals surface area (Å²) in [5, 5.41) is 3.94. The summed E-state index contributed by atoms with van der Waals surface area (Å²) in [5.41, 5.74) is 5.55. The molecule has 0 fully saturated rings. The molecule has 1 aromatic rings. The molecule has 6 heteroatoms. The quantitative estimate of drug-likeness (QED) is 0.885. The van der Waals surface area contributed by atoms with E-state index in [1.807, 2.05) is 0 Å². The molecule has 3 N–H and O–H groups in total. The first-order valence-corrected chi connectivity index (χ1v) is 5.25. The van der Waals surface area contributed by atoms with E-state index in [1.165, 1.54) is 12.1 Å². The predicted molar refractivity (Wildman–Crippen MR) is 63.8 cm³/mol. The van der Waals surface area contributed by atoms with Gasteiger partial charge in [0.15, 0.2) is 0 Å². The summed E-state index contributed by atoms with van der Waals surface area (Å²) in [6, 6.07) is 2.51. The zero-order valence-electron chi connectivity index (χ0n) is 7.85. The molecule has 1 amide bonds. The Bertz CT molecular complexity index is 372. The Morgan fingerprint density at radius 2 is 1.80 bits per heavy atom. The van der Waals surface area contributed by atoms with Crippen LogP contribution in [0.4, 0.5) is 5.69 Å². The largest absolute Gasteiger partial charge is 0.371 e. The van der Waals surface area contributed by atoms with Crippen molar-refractivity contribution in [1.29, 1.82) is 0 Å². The number of carbonyl (C=O) groups excluding carboxylic acids is 1. The van der Waals surface area contributed by atoms with Crippen molar-refractivity contribution in [2.45, 2.75) is 13.0 Å². The number of rotatable bonds is 3. The van der Waals surface area contributed by atoms with Gasteiger partial charge in [-0.2, -0.15) is 0 Å². The van der Waals surface area contributed by atoms with Crippen LogP contribution in [-0.4, -0.2) is 11.9 Å². The van der Waals surface area contributed by atoms with E-state index in [0.717, 1.165) is 0 Å². The molecule has 1 unspecified atom stereocenters. The molecule has 0 aliphatic carbocycles. The summed E-state index contributed by atoms with van der Waals surface area (Å²) in [6.45, 7) is 1.61. The van der Waals surface area contributed by atoms with Gasteiger partial charge in [0.05, 0.1) is 15.7 Å². The second-order valence-electron chi connectivity index (χ2n) is 3.01. The molecule has 0 saturated carbocycles. The second-order valence-corrected chi connectivity index (χ2v) is 4.26. The highest BCUT2D eigenvalue weighted by atomic mass is 35.5. The Hall–Kier alpha value is -0.640. The Labute approximate surface area is 102 Å². The lowest BCUT2D eigenvalue weighted by molar-refractivity contribution is -0.118. The van der Waals surface area contributed by atoms with Gasteiger partial charge in [-0.25, -0.2) is 0 Å². The van der Waals surface area contributed by atoms with E-state index in [4.69, 9.17) is 40.5 Å². The molecular weight excluding hydrogens is 258 g/mol. The predicted octanol–water partition coefficient (Wildman–Crippen LogP) is 2.93. The first-order valence-electron chi connectivity index (χ1n) is 4.12. The molecule has 0 saturated heterocycles. The van der Waals surface area contributed by atoms with Crippen LogP contribution in [0.3, 0.4) is 0 Å². The summed E-state index contributed by atoms with van der Waals surface area (Å²) >= 11 is 17.5. The third-order valence-corrected chi connectivity index (χ3v) is 2.61. The zero-order chi connectivity index (χ0) is 11.6. The maximum atomic E-state index is 10.8. The van der Waals surface area contributed by atoms with Crippen LogP contribution in [0.1, 0.15) is 6.92 Å². The van der Waals surface area contributed by atoms with Crippen LogP contribution in [0, 0.1) is 0 Å². The van der Waals surface area contributed by atoms with Gasteiger partial charge in [-0.15, -0.1) is 0 Å². The van der Waals surface area contributed by atoms with Gasteiger partial charge in [-0.05, 0) is 19.1 Å². The third kappa shape index (κ3) is 3.16. The highest BCUT2D eigenvalue weighted by molar-refractivity contribution is 6.41. The van der Waals surface area contributed by atoms with Gasteiger partial charge in [0.1, 0.15) is 6.04 Å². The van der Waals surface area contributed by atoms with Crippen molar-refractivity contribution in [3.8, 4) is 0 Å². The minimum Gasteiger partial charge on any atom is -0.371 e. The molecule has 1 atom stereocenters. The van der Waals surface area contributed by atoms with Crippen LogP contribution < -0.4 is 11.1 Å². The number of hydrogen-bond acceptors (Lipinski definition) is 2. The first-order chi connectivity index (χ1) is 6.91. The van der Waals surface area contributed by atoms with Crippen LogP contribution in [-0.2, 0) is 4.79 Å². The van der Waals surface area contributed by atoms with Gasteiger partial charge in [0, 0.05) is 5.02 Å². The normalized spacial score (nSPS) is 12.3. The van der Waals surface area contributed by atoms with E-state index in [0.29, 0.717) is 20.8 Å². The number of hydrogen-bond donors (Lipinski definition) is 2. The zero-order valence-corrected chi connectivity index (χ0v) is 10.1. The molecular formula is C9H9Cl3N2O. The SMILES string of the molecule is CC(Nc1c(Cl)cc(Cl)cc1Cl)C(N)=O. The molecule has 0 heterocycles. The molecule has 82 valence electrons. The lowest BCUT2D eigenvalue weighted by Gasteiger charge is -2.14. The highest BCUT2D eigenvalue weighted by Crippen LogP contribution is 2.33.